The Morgan fingerprint density at radius 1 is 0.543 bits per heavy atom. The fraction of sp³-hybridized carbons (Fsp3) is 0.917. The summed E-state index contributed by atoms with van der Waals surface area (Å²) in [5.41, 5.74) is 0. The van der Waals surface area contributed by atoms with E-state index in [1.165, 1.54) is 38.5 Å². The quantitative estimate of drug-likeness (QED) is 0.0822. The van der Waals surface area contributed by atoms with E-state index in [1.54, 1.807) is 6.92 Å². The van der Waals surface area contributed by atoms with Crippen molar-refractivity contribution in [2.45, 2.75) is 97.8 Å². The van der Waals surface area contributed by atoms with Gasteiger partial charge in [0.15, 0.2) is 0 Å². The summed E-state index contributed by atoms with van der Waals surface area (Å²) < 4.78 is 43.0. The molecule has 0 heterocycles. The van der Waals surface area contributed by atoms with Crippen LogP contribution in [-0.4, -0.2) is 58.5 Å². The first kappa shape index (κ1) is 33.7. The lowest BCUT2D eigenvalue weighted by molar-refractivity contribution is 0.0365. The van der Waals surface area contributed by atoms with E-state index >= 15 is 0 Å². The highest BCUT2D eigenvalue weighted by Crippen LogP contribution is 2.43. The summed E-state index contributed by atoms with van der Waals surface area (Å²) in [4.78, 5) is 23.2. The van der Waals surface area contributed by atoms with Crippen LogP contribution in [0.15, 0.2) is 0 Å². The summed E-state index contributed by atoms with van der Waals surface area (Å²) in [6.45, 7) is 6.48. The van der Waals surface area contributed by atoms with Crippen LogP contribution in [0.2, 0.25) is 0 Å². The summed E-state index contributed by atoms with van der Waals surface area (Å²) in [6, 6.07) is 0. The maximum absolute atomic E-state index is 12.6. The number of rotatable bonds is 24. The average Bonchev–Trinajstić information content (AvgIpc) is 2.84. The van der Waals surface area contributed by atoms with Crippen LogP contribution in [0.4, 0.5) is 9.59 Å². The highest BCUT2D eigenvalue weighted by molar-refractivity contribution is 7.51. The van der Waals surface area contributed by atoms with E-state index in [1.807, 2.05) is 0 Å². The predicted octanol–water partition coefficient (Wildman–Crippen LogP) is 6.76. The molecule has 0 rings (SSSR count). The van der Waals surface area contributed by atoms with Crippen molar-refractivity contribution in [3.05, 3.63) is 0 Å². The van der Waals surface area contributed by atoms with Crippen molar-refractivity contribution < 1.29 is 42.1 Å². The Kier molecular flexibility index (Phi) is 23.4. The molecule has 0 aliphatic carbocycles. The molecule has 10 nitrogen and oxygen atoms in total. The summed E-state index contributed by atoms with van der Waals surface area (Å²) in [6.07, 6.45) is 11.5. The molecule has 0 aromatic rings. The Bertz CT molecular complexity index is 521. The molecule has 0 spiro atoms. The second kappa shape index (κ2) is 24.3. The summed E-state index contributed by atoms with van der Waals surface area (Å²) in [5.74, 6) is 0. The fourth-order valence-corrected chi connectivity index (χ4v) is 4.32. The molecule has 0 aliphatic heterocycles. The van der Waals surface area contributed by atoms with Gasteiger partial charge in [-0.05, 0) is 12.8 Å². The number of ether oxygens (including phenoxy) is 4. The predicted molar refractivity (Wildman–Crippen MR) is 135 cm³/mol. The van der Waals surface area contributed by atoms with Gasteiger partial charge in [-0.3, -0.25) is 9.05 Å². The van der Waals surface area contributed by atoms with Gasteiger partial charge in [-0.2, -0.15) is 0 Å². The standard InChI is InChI=1S/C24H48NO9P/c1-4-7-9-11-13-15-17-29-23(26)31-19-21-33-35(28,25-6-3)34-22-20-32-24(27)30-18-16-14-12-10-8-5-2/h4-22H2,1-3H3,(H,25,28). The lowest BCUT2D eigenvalue weighted by Crippen LogP contribution is -2.19. The van der Waals surface area contributed by atoms with Gasteiger partial charge in [0.2, 0.25) is 0 Å². The summed E-state index contributed by atoms with van der Waals surface area (Å²) in [5, 5.41) is 2.63. The van der Waals surface area contributed by atoms with E-state index in [-0.39, 0.29) is 26.4 Å². The van der Waals surface area contributed by atoms with Gasteiger partial charge in [-0.15, -0.1) is 0 Å². The number of carbonyl (C=O) groups is 2. The topological polar surface area (TPSA) is 119 Å². The molecule has 1 N–H and O–H groups in total. The van der Waals surface area contributed by atoms with E-state index in [0.717, 1.165) is 38.5 Å². The number of hydrogen-bond donors (Lipinski definition) is 1. The van der Waals surface area contributed by atoms with Gasteiger partial charge in [0.05, 0.1) is 26.4 Å². The highest BCUT2D eigenvalue weighted by Gasteiger charge is 2.24. The van der Waals surface area contributed by atoms with E-state index in [2.05, 4.69) is 18.9 Å². The van der Waals surface area contributed by atoms with Crippen LogP contribution >= 0.6 is 7.75 Å². The normalized spacial score (nSPS) is 11.3. The molecule has 11 heteroatoms. The Morgan fingerprint density at radius 3 is 1.31 bits per heavy atom. The van der Waals surface area contributed by atoms with Crippen LogP contribution in [0, 0.1) is 0 Å². The molecular weight excluding hydrogens is 477 g/mol. The van der Waals surface area contributed by atoms with Crippen molar-refractivity contribution in [3.63, 3.8) is 0 Å². The van der Waals surface area contributed by atoms with Crippen LogP contribution in [0.1, 0.15) is 97.8 Å². The van der Waals surface area contributed by atoms with Gasteiger partial charge in [0, 0.05) is 6.54 Å². The first-order chi connectivity index (χ1) is 17.0. The van der Waals surface area contributed by atoms with Crippen molar-refractivity contribution >= 4 is 20.1 Å². The molecule has 0 saturated heterocycles. The molecule has 0 fully saturated rings. The zero-order valence-electron chi connectivity index (χ0n) is 22.1. The lowest BCUT2D eigenvalue weighted by atomic mass is 10.1. The maximum Gasteiger partial charge on any atom is 0.508 e. The van der Waals surface area contributed by atoms with Gasteiger partial charge in [0.25, 0.3) is 0 Å². The summed E-state index contributed by atoms with van der Waals surface area (Å²) in [7, 11) is -3.63. The molecule has 0 atom stereocenters. The molecule has 0 saturated carbocycles. The third kappa shape index (κ3) is 22.8. The van der Waals surface area contributed by atoms with Crippen molar-refractivity contribution in [2.75, 3.05) is 46.2 Å². The van der Waals surface area contributed by atoms with Crippen molar-refractivity contribution in [2.24, 2.45) is 0 Å². The first-order valence-electron chi connectivity index (χ1n) is 13.2. The number of nitrogens with one attached hydrogen (secondary N) is 1. The SMILES string of the molecule is CCCCCCCCOC(=O)OCCOP(=O)(NCC)OCCOC(=O)OCCCCCCCC. The minimum Gasteiger partial charge on any atom is -0.434 e. The largest absolute Gasteiger partial charge is 0.508 e. The molecule has 208 valence electrons. The monoisotopic (exact) mass is 525 g/mol. The molecule has 0 radical (unpaired) electrons. The van der Waals surface area contributed by atoms with E-state index in [0.29, 0.717) is 19.8 Å². The Morgan fingerprint density at radius 2 is 0.914 bits per heavy atom. The van der Waals surface area contributed by atoms with Gasteiger partial charge in [-0.1, -0.05) is 85.0 Å². The minimum absolute atomic E-state index is 0.130. The molecule has 0 aromatic heterocycles. The molecule has 0 amide bonds. The Balaban J connectivity index is 3.85. The molecule has 35 heavy (non-hydrogen) atoms. The maximum atomic E-state index is 12.6. The van der Waals surface area contributed by atoms with Gasteiger partial charge >= 0.3 is 20.1 Å². The molecule has 0 unspecified atom stereocenters. The van der Waals surface area contributed by atoms with Gasteiger partial charge in [-0.25, -0.2) is 19.2 Å². The number of hydrogen-bond acceptors (Lipinski definition) is 9. The second-order valence-corrected chi connectivity index (χ2v) is 9.93. The van der Waals surface area contributed by atoms with E-state index < -0.39 is 20.1 Å². The number of carbonyl (C=O) groups excluding carboxylic acids is 2. The highest BCUT2D eigenvalue weighted by atomic mass is 31.2. The average molecular weight is 526 g/mol. The third-order valence-electron chi connectivity index (χ3n) is 4.92. The minimum atomic E-state index is -3.63. The molecular formula is C24H48NO9P. The molecule has 0 aliphatic rings. The fourth-order valence-electron chi connectivity index (χ4n) is 3.05. The summed E-state index contributed by atoms with van der Waals surface area (Å²) >= 11 is 0. The Hall–Kier alpha value is -1.35. The molecule has 0 bridgehead atoms. The van der Waals surface area contributed by atoms with Crippen LogP contribution in [0.25, 0.3) is 0 Å². The van der Waals surface area contributed by atoms with Crippen LogP contribution in [0.3, 0.4) is 0 Å². The van der Waals surface area contributed by atoms with Crippen molar-refractivity contribution in [1.82, 2.24) is 5.09 Å². The smallest absolute Gasteiger partial charge is 0.434 e. The molecule has 0 aromatic carbocycles. The zero-order valence-corrected chi connectivity index (χ0v) is 23.0. The zero-order chi connectivity index (χ0) is 26.0. The van der Waals surface area contributed by atoms with Crippen LogP contribution in [0.5, 0.6) is 0 Å². The Labute approximate surface area is 211 Å². The van der Waals surface area contributed by atoms with Crippen molar-refractivity contribution in [3.8, 4) is 0 Å². The van der Waals surface area contributed by atoms with E-state index in [9.17, 15) is 14.2 Å². The third-order valence-corrected chi connectivity index (χ3v) is 6.66. The first-order valence-corrected chi connectivity index (χ1v) is 14.7. The van der Waals surface area contributed by atoms with Crippen molar-refractivity contribution in [1.29, 1.82) is 0 Å². The van der Waals surface area contributed by atoms with Gasteiger partial charge < -0.3 is 18.9 Å². The number of unbranched alkanes of at least 4 members (excludes halogenated alkanes) is 10. The van der Waals surface area contributed by atoms with E-state index in [4.69, 9.17) is 28.0 Å². The van der Waals surface area contributed by atoms with Crippen LogP contribution < -0.4 is 5.09 Å². The second-order valence-electron chi connectivity index (χ2n) is 8.10. The van der Waals surface area contributed by atoms with Gasteiger partial charge in [0.1, 0.15) is 13.2 Å². The lowest BCUT2D eigenvalue weighted by Gasteiger charge is -2.18. The van der Waals surface area contributed by atoms with Crippen LogP contribution in [-0.2, 0) is 32.6 Å².